The molecule has 0 fully saturated rings. The standard InChI is InChI=1S/C9H19N3O/c1-7(2)9(13)11-6-8(10)12(3,4)5/h8H,1,6,10H2,2-5H3/p+1. The van der Waals surface area contributed by atoms with Gasteiger partial charge in [0.05, 0.1) is 27.7 Å². The van der Waals surface area contributed by atoms with Gasteiger partial charge in [-0.3, -0.25) is 10.5 Å². The van der Waals surface area contributed by atoms with Crippen molar-refractivity contribution < 1.29 is 9.28 Å². The summed E-state index contributed by atoms with van der Waals surface area (Å²) in [5.74, 6) is -0.135. The minimum atomic E-state index is -0.135. The van der Waals surface area contributed by atoms with Gasteiger partial charge in [0, 0.05) is 5.57 Å². The Kier molecular flexibility index (Phi) is 4.10. The second-order valence-electron chi connectivity index (χ2n) is 4.17. The second kappa shape index (κ2) is 4.39. The zero-order valence-electron chi connectivity index (χ0n) is 8.92. The largest absolute Gasteiger partial charge is 0.345 e. The number of nitrogens with zero attached hydrogens (tertiary/aromatic N) is 1. The normalized spacial score (nSPS) is 13.6. The molecule has 1 amide bonds. The molecule has 0 bridgehead atoms. The topological polar surface area (TPSA) is 55.1 Å². The van der Waals surface area contributed by atoms with Gasteiger partial charge in [0.15, 0.2) is 6.17 Å². The van der Waals surface area contributed by atoms with Crippen molar-refractivity contribution in [1.29, 1.82) is 0 Å². The van der Waals surface area contributed by atoms with E-state index in [-0.39, 0.29) is 12.1 Å². The summed E-state index contributed by atoms with van der Waals surface area (Å²) in [5, 5.41) is 2.71. The predicted octanol–water partition coefficient (Wildman–Crippen LogP) is -0.330. The van der Waals surface area contributed by atoms with Crippen molar-refractivity contribution in [3.05, 3.63) is 12.2 Å². The zero-order valence-corrected chi connectivity index (χ0v) is 8.92. The third-order valence-corrected chi connectivity index (χ3v) is 1.85. The number of nitrogens with one attached hydrogen (secondary N) is 1. The number of carbonyl (C=O) groups excluding carboxylic acids is 1. The number of hydrogen-bond donors (Lipinski definition) is 2. The van der Waals surface area contributed by atoms with E-state index in [2.05, 4.69) is 11.9 Å². The smallest absolute Gasteiger partial charge is 0.246 e. The van der Waals surface area contributed by atoms with E-state index < -0.39 is 0 Å². The molecule has 0 aromatic heterocycles. The number of quaternary nitrogens is 1. The second-order valence-corrected chi connectivity index (χ2v) is 4.17. The molecule has 1 atom stereocenters. The SMILES string of the molecule is C=C(C)C(=O)NCC(N)[N+](C)(C)C. The molecule has 0 saturated carbocycles. The summed E-state index contributed by atoms with van der Waals surface area (Å²) in [6.07, 6.45) is -0.0942. The van der Waals surface area contributed by atoms with Crippen LogP contribution in [0.5, 0.6) is 0 Å². The van der Waals surface area contributed by atoms with Gasteiger partial charge in [-0.15, -0.1) is 0 Å². The monoisotopic (exact) mass is 186 g/mol. The number of rotatable bonds is 4. The average Bonchev–Trinajstić information content (AvgIpc) is 1.97. The van der Waals surface area contributed by atoms with Crippen LogP contribution in [0.15, 0.2) is 12.2 Å². The van der Waals surface area contributed by atoms with E-state index >= 15 is 0 Å². The Morgan fingerprint density at radius 1 is 1.54 bits per heavy atom. The molecule has 1 unspecified atom stereocenters. The summed E-state index contributed by atoms with van der Waals surface area (Å²) < 4.78 is 0.621. The van der Waals surface area contributed by atoms with Gasteiger partial charge in [-0.1, -0.05) is 6.58 Å². The van der Waals surface area contributed by atoms with Crippen LogP contribution in [0, 0.1) is 0 Å². The first-order chi connectivity index (χ1) is 5.75. The fourth-order valence-electron chi connectivity index (χ4n) is 0.622. The lowest BCUT2D eigenvalue weighted by molar-refractivity contribution is -0.894. The molecule has 0 aromatic rings. The first-order valence-corrected chi connectivity index (χ1v) is 4.25. The van der Waals surface area contributed by atoms with Crippen LogP contribution in [0.4, 0.5) is 0 Å². The van der Waals surface area contributed by atoms with E-state index in [0.29, 0.717) is 16.6 Å². The first kappa shape index (κ1) is 12.1. The minimum absolute atomic E-state index is 0.0942. The van der Waals surface area contributed by atoms with Crippen LogP contribution in [0.3, 0.4) is 0 Å². The van der Waals surface area contributed by atoms with Crippen LogP contribution in [0.25, 0.3) is 0 Å². The van der Waals surface area contributed by atoms with Gasteiger partial charge >= 0.3 is 0 Å². The Labute approximate surface area is 80.0 Å². The lowest BCUT2D eigenvalue weighted by Crippen LogP contribution is -2.56. The van der Waals surface area contributed by atoms with E-state index in [1.165, 1.54) is 0 Å². The van der Waals surface area contributed by atoms with Crippen molar-refractivity contribution in [1.82, 2.24) is 5.32 Å². The molecular weight excluding hydrogens is 166 g/mol. The van der Waals surface area contributed by atoms with Crippen LogP contribution in [-0.2, 0) is 4.79 Å². The van der Waals surface area contributed by atoms with Crippen molar-refractivity contribution in [3.63, 3.8) is 0 Å². The molecule has 0 rings (SSSR count). The van der Waals surface area contributed by atoms with E-state index in [9.17, 15) is 4.79 Å². The van der Waals surface area contributed by atoms with Gasteiger partial charge in [0.2, 0.25) is 5.91 Å². The molecule has 0 aliphatic heterocycles. The van der Waals surface area contributed by atoms with Gasteiger partial charge in [-0.2, -0.15) is 0 Å². The Bertz CT molecular complexity index is 205. The number of nitrogens with two attached hydrogens (primary N) is 1. The summed E-state index contributed by atoms with van der Waals surface area (Å²) in [4.78, 5) is 11.1. The van der Waals surface area contributed by atoms with Crippen LogP contribution in [0.1, 0.15) is 6.92 Å². The molecule has 13 heavy (non-hydrogen) atoms. The Balaban J connectivity index is 3.91. The molecule has 3 N–H and O–H groups in total. The van der Waals surface area contributed by atoms with Gasteiger partial charge in [-0.05, 0) is 6.92 Å². The molecule has 4 nitrogen and oxygen atoms in total. The quantitative estimate of drug-likeness (QED) is 0.359. The molecule has 0 spiro atoms. The number of hydrogen-bond acceptors (Lipinski definition) is 2. The van der Waals surface area contributed by atoms with Crippen molar-refractivity contribution in [2.45, 2.75) is 13.1 Å². The Morgan fingerprint density at radius 2 is 2.00 bits per heavy atom. The van der Waals surface area contributed by atoms with Crippen LogP contribution >= 0.6 is 0 Å². The fraction of sp³-hybridized carbons (Fsp3) is 0.667. The highest BCUT2D eigenvalue weighted by Crippen LogP contribution is 1.95. The summed E-state index contributed by atoms with van der Waals surface area (Å²) in [6, 6.07) is 0. The summed E-state index contributed by atoms with van der Waals surface area (Å²) >= 11 is 0. The van der Waals surface area contributed by atoms with Gasteiger partial charge in [-0.25, -0.2) is 0 Å². The molecule has 0 radical (unpaired) electrons. The van der Waals surface area contributed by atoms with Crippen LogP contribution < -0.4 is 11.1 Å². The molecule has 76 valence electrons. The molecule has 0 aromatic carbocycles. The first-order valence-electron chi connectivity index (χ1n) is 4.25. The maximum Gasteiger partial charge on any atom is 0.246 e. The average molecular weight is 186 g/mol. The molecule has 0 aliphatic rings. The van der Waals surface area contributed by atoms with Gasteiger partial charge in [0.1, 0.15) is 0 Å². The highest BCUT2D eigenvalue weighted by molar-refractivity contribution is 5.92. The Morgan fingerprint density at radius 3 is 2.31 bits per heavy atom. The highest BCUT2D eigenvalue weighted by atomic mass is 16.1. The number of amides is 1. The lowest BCUT2D eigenvalue weighted by Gasteiger charge is -2.31. The fourth-order valence-corrected chi connectivity index (χ4v) is 0.622. The van der Waals surface area contributed by atoms with E-state index in [1.54, 1.807) is 6.92 Å². The van der Waals surface area contributed by atoms with E-state index in [0.717, 1.165) is 0 Å². The van der Waals surface area contributed by atoms with E-state index in [4.69, 9.17) is 5.73 Å². The predicted molar refractivity (Wildman–Crippen MR) is 53.8 cm³/mol. The van der Waals surface area contributed by atoms with Crippen molar-refractivity contribution in [2.24, 2.45) is 5.73 Å². The summed E-state index contributed by atoms with van der Waals surface area (Å²) in [7, 11) is 5.95. The van der Waals surface area contributed by atoms with Crippen molar-refractivity contribution in [3.8, 4) is 0 Å². The van der Waals surface area contributed by atoms with Gasteiger partial charge < -0.3 is 9.80 Å². The maximum absolute atomic E-state index is 11.1. The van der Waals surface area contributed by atoms with Crippen molar-refractivity contribution in [2.75, 3.05) is 27.7 Å². The third-order valence-electron chi connectivity index (χ3n) is 1.85. The summed E-state index contributed by atoms with van der Waals surface area (Å²) in [5.41, 5.74) is 6.33. The molecular formula is C9H20N3O+. The molecule has 4 heteroatoms. The van der Waals surface area contributed by atoms with Crippen LogP contribution in [-0.4, -0.2) is 44.2 Å². The molecule has 0 aliphatic carbocycles. The summed E-state index contributed by atoms with van der Waals surface area (Å²) in [6.45, 7) is 5.68. The number of carbonyl (C=O) groups is 1. The van der Waals surface area contributed by atoms with Gasteiger partial charge in [0.25, 0.3) is 0 Å². The Hall–Kier alpha value is -0.870. The molecule has 0 heterocycles. The molecule has 0 saturated heterocycles. The highest BCUT2D eigenvalue weighted by Gasteiger charge is 2.19. The van der Waals surface area contributed by atoms with Crippen molar-refractivity contribution >= 4 is 5.91 Å². The number of likely N-dealkylation sites (N-methyl/N-ethyl adjacent to an activating group) is 1. The lowest BCUT2D eigenvalue weighted by atomic mass is 10.3. The zero-order chi connectivity index (χ0) is 10.6. The minimum Gasteiger partial charge on any atom is -0.345 e. The van der Waals surface area contributed by atoms with E-state index in [1.807, 2.05) is 21.1 Å². The van der Waals surface area contributed by atoms with Crippen LogP contribution in [0.2, 0.25) is 0 Å². The maximum atomic E-state index is 11.1. The third kappa shape index (κ3) is 4.65.